The number of carbonyl (C=O) groups is 2. The summed E-state index contributed by atoms with van der Waals surface area (Å²) >= 11 is 2.98. The highest BCUT2D eigenvalue weighted by Gasteiger charge is 2.11. The molecule has 2 N–H and O–H groups in total. The molecule has 0 saturated carbocycles. The number of nitrogens with one attached hydrogen (secondary N) is 2. The Morgan fingerprint density at radius 3 is 2.52 bits per heavy atom. The van der Waals surface area contributed by atoms with Crippen LogP contribution in [0.5, 0.6) is 0 Å². The molecule has 0 bridgehead atoms. The zero-order chi connectivity index (χ0) is 23.2. The van der Waals surface area contributed by atoms with Crippen molar-refractivity contribution >= 4 is 40.6 Å². The topological polar surface area (TPSA) is 76.0 Å². The minimum Gasteiger partial charge on any atom is -0.347 e. The van der Waals surface area contributed by atoms with Crippen LogP contribution in [0.25, 0.3) is 5.69 Å². The average Bonchev–Trinajstić information content (AvgIpc) is 3.47. The SMILES string of the molecule is Cc1cc(C)cc(NC(=O)CSc2nccn2-c2ccc(C(=O)NCc3cccs3)cc2)c1. The zero-order valence-electron chi connectivity index (χ0n) is 18.4. The molecule has 0 saturated heterocycles. The maximum atomic E-state index is 12.4. The Balaban J connectivity index is 1.35. The summed E-state index contributed by atoms with van der Waals surface area (Å²) in [5, 5.41) is 8.58. The molecule has 6 nitrogen and oxygen atoms in total. The number of aromatic nitrogens is 2. The monoisotopic (exact) mass is 476 g/mol. The third kappa shape index (κ3) is 6.12. The maximum Gasteiger partial charge on any atom is 0.251 e. The van der Waals surface area contributed by atoms with Gasteiger partial charge in [0.1, 0.15) is 0 Å². The lowest BCUT2D eigenvalue weighted by molar-refractivity contribution is -0.113. The molecule has 0 unspecified atom stereocenters. The number of carbonyl (C=O) groups excluding carboxylic acids is 2. The van der Waals surface area contributed by atoms with Crippen molar-refractivity contribution in [2.45, 2.75) is 25.5 Å². The van der Waals surface area contributed by atoms with Crippen LogP contribution in [0.2, 0.25) is 0 Å². The van der Waals surface area contributed by atoms with E-state index < -0.39 is 0 Å². The minimum absolute atomic E-state index is 0.0858. The van der Waals surface area contributed by atoms with E-state index in [4.69, 9.17) is 0 Å². The first-order chi connectivity index (χ1) is 16.0. The Kier molecular flexibility index (Phi) is 7.26. The second-order valence-electron chi connectivity index (χ2n) is 7.60. The van der Waals surface area contributed by atoms with Gasteiger partial charge in [0.25, 0.3) is 5.91 Å². The van der Waals surface area contributed by atoms with Gasteiger partial charge in [0, 0.05) is 34.2 Å². The van der Waals surface area contributed by atoms with Gasteiger partial charge < -0.3 is 10.6 Å². The van der Waals surface area contributed by atoms with E-state index in [-0.39, 0.29) is 17.6 Å². The zero-order valence-corrected chi connectivity index (χ0v) is 20.0. The lowest BCUT2D eigenvalue weighted by atomic mass is 10.1. The van der Waals surface area contributed by atoms with Crippen LogP contribution < -0.4 is 10.6 Å². The maximum absolute atomic E-state index is 12.4. The molecule has 168 valence electrons. The molecular weight excluding hydrogens is 452 g/mol. The number of rotatable bonds is 8. The van der Waals surface area contributed by atoms with Crippen LogP contribution in [0.4, 0.5) is 5.69 Å². The molecule has 0 aliphatic carbocycles. The van der Waals surface area contributed by atoms with Crippen molar-refractivity contribution < 1.29 is 9.59 Å². The normalized spacial score (nSPS) is 10.7. The number of anilines is 1. The number of nitrogens with zero attached hydrogens (tertiary/aromatic N) is 2. The van der Waals surface area contributed by atoms with Crippen molar-refractivity contribution in [1.29, 1.82) is 0 Å². The molecule has 0 fully saturated rings. The molecule has 2 amide bonds. The number of amides is 2. The Bertz CT molecular complexity index is 1230. The van der Waals surface area contributed by atoms with E-state index in [1.165, 1.54) is 11.8 Å². The van der Waals surface area contributed by atoms with Crippen LogP contribution in [-0.2, 0) is 11.3 Å². The number of thiophene rings is 1. The van der Waals surface area contributed by atoms with Gasteiger partial charge in [-0.1, -0.05) is 23.9 Å². The smallest absolute Gasteiger partial charge is 0.251 e. The minimum atomic E-state index is -0.113. The standard InChI is InChI=1S/C25H24N4O2S2/c1-17-12-18(2)14-20(13-17)28-23(30)16-33-25-26-9-10-29(25)21-7-5-19(6-8-21)24(31)27-15-22-4-3-11-32-22/h3-14H,15-16H2,1-2H3,(H,27,31)(H,28,30). The van der Waals surface area contributed by atoms with Crippen LogP contribution >= 0.6 is 23.1 Å². The van der Waals surface area contributed by atoms with Crippen LogP contribution in [0.1, 0.15) is 26.4 Å². The van der Waals surface area contributed by atoms with Gasteiger partial charge in [-0.05, 0) is 72.8 Å². The van der Waals surface area contributed by atoms with Crippen LogP contribution in [0, 0.1) is 13.8 Å². The van der Waals surface area contributed by atoms with Crippen molar-refractivity contribution in [2.24, 2.45) is 0 Å². The fraction of sp³-hybridized carbons (Fsp3) is 0.160. The fourth-order valence-corrected chi connectivity index (χ4v) is 4.84. The van der Waals surface area contributed by atoms with Gasteiger partial charge in [0.15, 0.2) is 5.16 Å². The number of aryl methyl sites for hydroxylation is 2. The molecule has 33 heavy (non-hydrogen) atoms. The molecule has 2 heterocycles. The lowest BCUT2D eigenvalue weighted by Crippen LogP contribution is -2.22. The number of hydrogen-bond donors (Lipinski definition) is 2. The molecule has 0 radical (unpaired) electrons. The van der Waals surface area contributed by atoms with E-state index in [1.54, 1.807) is 29.7 Å². The Hall–Kier alpha value is -3.36. The molecular formula is C25H24N4O2S2. The largest absolute Gasteiger partial charge is 0.347 e. The first-order valence-electron chi connectivity index (χ1n) is 10.4. The fourth-order valence-electron chi connectivity index (χ4n) is 3.42. The van der Waals surface area contributed by atoms with Crippen molar-refractivity contribution in [3.8, 4) is 5.69 Å². The van der Waals surface area contributed by atoms with Gasteiger partial charge in [-0.2, -0.15) is 0 Å². The first kappa shape index (κ1) is 22.8. The Morgan fingerprint density at radius 1 is 1.06 bits per heavy atom. The van der Waals surface area contributed by atoms with Crippen LogP contribution in [0.3, 0.4) is 0 Å². The van der Waals surface area contributed by atoms with Gasteiger partial charge in [-0.15, -0.1) is 11.3 Å². The summed E-state index contributed by atoms with van der Waals surface area (Å²) in [6.07, 6.45) is 3.54. The Labute approximate surface area is 201 Å². The number of hydrogen-bond acceptors (Lipinski definition) is 5. The molecule has 0 aliphatic rings. The summed E-state index contributed by atoms with van der Waals surface area (Å²) in [6, 6.07) is 17.3. The van der Waals surface area contributed by atoms with Crippen LogP contribution in [0.15, 0.2) is 77.5 Å². The summed E-state index contributed by atoms with van der Waals surface area (Å²) in [7, 11) is 0. The predicted octanol–water partition coefficient (Wildman–Crippen LogP) is 5.21. The molecule has 0 spiro atoms. The van der Waals surface area contributed by atoms with E-state index in [2.05, 4.69) is 21.7 Å². The second-order valence-corrected chi connectivity index (χ2v) is 9.58. The van der Waals surface area contributed by atoms with E-state index in [1.807, 2.05) is 66.4 Å². The third-order valence-electron chi connectivity index (χ3n) is 4.86. The van der Waals surface area contributed by atoms with Crippen molar-refractivity contribution in [3.63, 3.8) is 0 Å². The highest BCUT2D eigenvalue weighted by atomic mass is 32.2. The van der Waals surface area contributed by atoms with Crippen molar-refractivity contribution in [3.05, 3.63) is 93.9 Å². The lowest BCUT2D eigenvalue weighted by Gasteiger charge is -2.10. The van der Waals surface area contributed by atoms with Gasteiger partial charge in [0.05, 0.1) is 12.3 Å². The molecule has 0 atom stereocenters. The highest BCUT2D eigenvalue weighted by Crippen LogP contribution is 2.22. The van der Waals surface area contributed by atoms with Crippen molar-refractivity contribution in [2.75, 3.05) is 11.1 Å². The molecule has 8 heteroatoms. The van der Waals surface area contributed by atoms with Gasteiger partial charge in [-0.3, -0.25) is 14.2 Å². The van der Waals surface area contributed by atoms with E-state index in [9.17, 15) is 9.59 Å². The molecule has 4 rings (SSSR count). The molecule has 2 aromatic heterocycles. The van der Waals surface area contributed by atoms with Gasteiger partial charge >= 0.3 is 0 Å². The molecule has 0 aliphatic heterocycles. The summed E-state index contributed by atoms with van der Waals surface area (Å²) in [4.78, 5) is 30.3. The van der Waals surface area contributed by atoms with Gasteiger partial charge in [0.2, 0.25) is 5.91 Å². The molecule has 4 aromatic rings. The summed E-state index contributed by atoms with van der Waals surface area (Å²) in [5.41, 5.74) is 4.49. The quantitative estimate of drug-likeness (QED) is 0.342. The summed E-state index contributed by atoms with van der Waals surface area (Å²) in [5.74, 6) is 0.0447. The van der Waals surface area contributed by atoms with Crippen molar-refractivity contribution in [1.82, 2.24) is 14.9 Å². The number of imidazole rings is 1. The highest BCUT2D eigenvalue weighted by molar-refractivity contribution is 7.99. The number of benzene rings is 2. The van der Waals surface area contributed by atoms with E-state index in [0.717, 1.165) is 27.4 Å². The third-order valence-corrected chi connectivity index (χ3v) is 6.70. The van der Waals surface area contributed by atoms with E-state index in [0.29, 0.717) is 17.3 Å². The first-order valence-corrected chi connectivity index (χ1v) is 12.3. The number of thioether (sulfide) groups is 1. The molecule has 2 aromatic carbocycles. The predicted molar refractivity (Wildman–Crippen MR) is 134 cm³/mol. The Morgan fingerprint density at radius 2 is 1.82 bits per heavy atom. The second kappa shape index (κ2) is 10.5. The van der Waals surface area contributed by atoms with E-state index >= 15 is 0 Å². The van der Waals surface area contributed by atoms with Crippen LogP contribution in [-0.4, -0.2) is 27.1 Å². The summed E-state index contributed by atoms with van der Waals surface area (Å²) in [6.45, 7) is 4.53. The summed E-state index contributed by atoms with van der Waals surface area (Å²) < 4.78 is 1.90. The average molecular weight is 477 g/mol. The van der Waals surface area contributed by atoms with Gasteiger partial charge in [-0.25, -0.2) is 4.98 Å².